The first-order valence-corrected chi connectivity index (χ1v) is 12.2. The van der Waals surface area contributed by atoms with Crippen molar-refractivity contribution in [2.24, 2.45) is 0 Å². The third kappa shape index (κ3) is 4.58. The van der Waals surface area contributed by atoms with E-state index in [1.54, 1.807) is 28.6 Å². The summed E-state index contributed by atoms with van der Waals surface area (Å²) < 4.78 is 27.5. The lowest BCUT2D eigenvalue weighted by Gasteiger charge is -2.27. The summed E-state index contributed by atoms with van der Waals surface area (Å²) in [6.45, 7) is 2.89. The fraction of sp³-hybridized carbons (Fsp3) is 0.435. The highest BCUT2D eigenvalue weighted by Gasteiger charge is 2.30. The number of hydrogen-bond donors (Lipinski definition) is 1. The van der Waals surface area contributed by atoms with Crippen LogP contribution in [0.2, 0.25) is 0 Å². The number of likely N-dealkylation sites (tertiary alicyclic amines) is 1. The first-order valence-electron chi connectivity index (χ1n) is 10.8. The SMILES string of the molecule is O=C(Nc1cccc(S(=O)(=O)N2CCCCC2)c1)C(c1ccccc1)N1CCCC1. The fourth-order valence-electron chi connectivity index (χ4n) is 4.36. The summed E-state index contributed by atoms with van der Waals surface area (Å²) in [7, 11) is -3.54. The van der Waals surface area contributed by atoms with E-state index in [1.807, 2.05) is 30.3 Å². The molecule has 2 heterocycles. The van der Waals surface area contributed by atoms with Crippen molar-refractivity contribution >= 4 is 21.6 Å². The van der Waals surface area contributed by atoms with Gasteiger partial charge in [-0.25, -0.2) is 8.42 Å². The molecule has 0 spiro atoms. The molecule has 1 amide bonds. The number of amides is 1. The van der Waals surface area contributed by atoms with Crippen molar-refractivity contribution in [3.05, 3.63) is 60.2 Å². The standard InChI is InChI=1S/C23H29N3O3S/c27-23(22(25-14-7-8-15-25)19-10-3-1-4-11-19)24-20-12-9-13-21(18-20)30(28,29)26-16-5-2-6-17-26/h1,3-4,9-13,18,22H,2,5-8,14-17H2,(H,24,27). The molecular weight excluding hydrogens is 398 g/mol. The summed E-state index contributed by atoms with van der Waals surface area (Å²) in [6, 6.07) is 16.0. The maximum Gasteiger partial charge on any atom is 0.246 e. The number of carbonyl (C=O) groups is 1. The normalized spacial score (nSPS) is 19.5. The summed E-state index contributed by atoms with van der Waals surface area (Å²) in [4.78, 5) is 15.7. The highest BCUT2D eigenvalue weighted by Crippen LogP contribution is 2.28. The molecule has 30 heavy (non-hydrogen) atoms. The molecular formula is C23H29N3O3S. The van der Waals surface area contributed by atoms with E-state index in [0.717, 1.165) is 50.8 Å². The fourth-order valence-corrected chi connectivity index (χ4v) is 5.93. The van der Waals surface area contributed by atoms with Crippen molar-refractivity contribution in [1.82, 2.24) is 9.21 Å². The Labute approximate surface area is 178 Å². The topological polar surface area (TPSA) is 69.7 Å². The maximum absolute atomic E-state index is 13.3. The minimum atomic E-state index is -3.54. The van der Waals surface area contributed by atoms with Crippen molar-refractivity contribution in [3.8, 4) is 0 Å². The van der Waals surface area contributed by atoms with Gasteiger partial charge in [-0.15, -0.1) is 0 Å². The van der Waals surface area contributed by atoms with Crippen LogP contribution in [0.3, 0.4) is 0 Å². The van der Waals surface area contributed by atoms with Gasteiger partial charge in [0.1, 0.15) is 6.04 Å². The molecule has 2 aromatic rings. The Morgan fingerprint density at radius 3 is 2.20 bits per heavy atom. The molecule has 0 aromatic heterocycles. The number of sulfonamides is 1. The molecule has 2 fully saturated rings. The highest BCUT2D eigenvalue weighted by molar-refractivity contribution is 7.89. The lowest BCUT2D eigenvalue weighted by molar-refractivity contribution is -0.121. The summed E-state index contributed by atoms with van der Waals surface area (Å²) >= 11 is 0. The maximum atomic E-state index is 13.3. The molecule has 1 unspecified atom stereocenters. The number of carbonyl (C=O) groups excluding carboxylic acids is 1. The number of benzene rings is 2. The van der Waals surface area contributed by atoms with Crippen LogP contribution in [-0.2, 0) is 14.8 Å². The van der Waals surface area contributed by atoms with E-state index in [1.165, 1.54) is 0 Å². The predicted molar refractivity (Wildman–Crippen MR) is 118 cm³/mol. The Hall–Kier alpha value is -2.22. The minimum absolute atomic E-state index is 0.129. The van der Waals surface area contributed by atoms with E-state index in [9.17, 15) is 13.2 Å². The van der Waals surface area contributed by atoms with E-state index in [0.29, 0.717) is 18.8 Å². The molecule has 1 atom stereocenters. The molecule has 7 heteroatoms. The second-order valence-electron chi connectivity index (χ2n) is 8.04. The number of rotatable bonds is 6. The van der Waals surface area contributed by atoms with Gasteiger partial charge in [0, 0.05) is 18.8 Å². The van der Waals surface area contributed by atoms with Crippen molar-refractivity contribution < 1.29 is 13.2 Å². The van der Waals surface area contributed by atoms with E-state index in [2.05, 4.69) is 10.2 Å². The lowest BCUT2D eigenvalue weighted by atomic mass is 10.0. The van der Waals surface area contributed by atoms with E-state index in [-0.39, 0.29) is 16.8 Å². The average molecular weight is 428 g/mol. The van der Waals surface area contributed by atoms with Gasteiger partial charge in [0.15, 0.2) is 0 Å². The van der Waals surface area contributed by atoms with E-state index >= 15 is 0 Å². The molecule has 2 aliphatic rings. The van der Waals surface area contributed by atoms with Crippen molar-refractivity contribution in [2.75, 3.05) is 31.5 Å². The molecule has 0 saturated carbocycles. The molecule has 0 radical (unpaired) electrons. The third-order valence-corrected chi connectivity index (χ3v) is 7.82. The van der Waals surface area contributed by atoms with Gasteiger partial charge in [0.05, 0.1) is 4.90 Å². The number of nitrogens with one attached hydrogen (secondary N) is 1. The number of hydrogen-bond acceptors (Lipinski definition) is 4. The largest absolute Gasteiger partial charge is 0.324 e. The van der Waals surface area contributed by atoms with E-state index in [4.69, 9.17) is 0 Å². The molecule has 0 bridgehead atoms. The first-order chi connectivity index (χ1) is 14.6. The second-order valence-corrected chi connectivity index (χ2v) is 9.98. The van der Waals surface area contributed by atoms with Crippen LogP contribution in [0, 0.1) is 0 Å². The molecule has 6 nitrogen and oxygen atoms in total. The lowest BCUT2D eigenvalue weighted by Crippen LogP contribution is -2.36. The van der Waals surface area contributed by atoms with Crippen molar-refractivity contribution in [1.29, 1.82) is 0 Å². The van der Waals surface area contributed by atoms with Gasteiger partial charge in [-0.2, -0.15) is 4.31 Å². The van der Waals surface area contributed by atoms with Gasteiger partial charge >= 0.3 is 0 Å². The van der Waals surface area contributed by atoms with Crippen LogP contribution in [0.15, 0.2) is 59.5 Å². The molecule has 2 aliphatic heterocycles. The summed E-state index contributed by atoms with van der Waals surface area (Å²) in [5, 5.41) is 2.97. The molecule has 2 saturated heterocycles. The van der Waals surface area contributed by atoms with Crippen LogP contribution in [0.4, 0.5) is 5.69 Å². The Morgan fingerprint density at radius 2 is 1.50 bits per heavy atom. The van der Waals surface area contributed by atoms with Crippen LogP contribution in [0.25, 0.3) is 0 Å². The zero-order valence-corrected chi connectivity index (χ0v) is 18.0. The van der Waals surface area contributed by atoms with Crippen LogP contribution in [0.1, 0.15) is 43.7 Å². The molecule has 1 N–H and O–H groups in total. The van der Waals surface area contributed by atoms with Gasteiger partial charge in [-0.3, -0.25) is 9.69 Å². The first kappa shape index (κ1) is 21.0. The highest BCUT2D eigenvalue weighted by atomic mass is 32.2. The van der Waals surface area contributed by atoms with Gasteiger partial charge in [0.25, 0.3) is 0 Å². The zero-order chi connectivity index (χ0) is 21.0. The van der Waals surface area contributed by atoms with E-state index < -0.39 is 10.0 Å². The average Bonchev–Trinajstić information content (AvgIpc) is 3.30. The van der Waals surface area contributed by atoms with Crippen LogP contribution in [-0.4, -0.2) is 49.7 Å². The summed E-state index contributed by atoms with van der Waals surface area (Å²) in [6.07, 6.45) is 5.02. The number of piperidine rings is 1. The van der Waals surface area contributed by atoms with Gasteiger partial charge in [-0.1, -0.05) is 42.8 Å². The Bertz CT molecular complexity index is 966. The molecule has 160 valence electrons. The number of nitrogens with zero attached hydrogens (tertiary/aromatic N) is 2. The van der Waals surface area contributed by atoms with Gasteiger partial charge in [0.2, 0.25) is 15.9 Å². The number of anilines is 1. The summed E-state index contributed by atoms with van der Waals surface area (Å²) in [5.74, 6) is -0.129. The summed E-state index contributed by atoms with van der Waals surface area (Å²) in [5.41, 5.74) is 1.47. The Kier molecular flexibility index (Phi) is 6.51. The van der Waals surface area contributed by atoms with Crippen LogP contribution in [0.5, 0.6) is 0 Å². The quantitative estimate of drug-likeness (QED) is 0.764. The van der Waals surface area contributed by atoms with Crippen molar-refractivity contribution in [2.45, 2.75) is 43.0 Å². The molecule has 4 rings (SSSR count). The smallest absolute Gasteiger partial charge is 0.246 e. The third-order valence-electron chi connectivity index (χ3n) is 5.92. The molecule has 2 aromatic carbocycles. The molecule has 0 aliphatic carbocycles. The van der Waals surface area contributed by atoms with Gasteiger partial charge < -0.3 is 5.32 Å². The Balaban J connectivity index is 1.55. The van der Waals surface area contributed by atoms with Gasteiger partial charge in [-0.05, 0) is 62.5 Å². The van der Waals surface area contributed by atoms with Crippen LogP contribution < -0.4 is 5.32 Å². The zero-order valence-electron chi connectivity index (χ0n) is 17.2. The Morgan fingerprint density at radius 1 is 0.833 bits per heavy atom. The predicted octanol–water partition coefficient (Wildman–Crippen LogP) is 3.64. The monoisotopic (exact) mass is 427 g/mol. The second kappa shape index (κ2) is 9.29. The minimum Gasteiger partial charge on any atom is -0.324 e. The van der Waals surface area contributed by atoms with Crippen LogP contribution >= 0.6 is 0 Å². The van der Waals surface area contributed by atoms with Crippen molar-refractivity contribution in [3.63, 3.8) is 0 Å².